The number of hydrogen-bond donors (Lipinski definition) is 1. The SMILES string of the molecule is COc1nc2c(nc1NC(=O)N1CCN(c3ccccc3-c3ccccc3)CC1)CC=CC2. The summed E-state index contributed by atoms with van der Waals surface area (Å²) in [6, 6.07) is 18.7. The first-order valence-electron chi connectivity index (χ1n) is 11.3. The Balaban J connectivity index is 1.27. The lowest BCUT2D eigenvalue weighted by molar-refractivity contribution is 0.208. The topological polar surface area (TPSA) is 70.6 Å². The number of carbonyl (C=O) groups is 1. The second kappa shape index (κ2) is 9.32. The lowest BCUT2D eigenvalue weighted by Gasteiger charge is -2.37. The van der Waals surface area contributed by atoms with Crippen LogP contribution in [0.4, 0.5) is 16.3 Å². The van der Waals surface area contributed by atoms with E-state index in [2.05, 4.69) is 80.9 Å². The van der Waals surface area contributed by atoms with E-state index in [-0.39, 0.29) is 6.03 Å². The Kier molecular flexibility index (Phi) is 5.93. The maximum atomic E-state index is 13.0. The summed E-state index contributed by atoms with van der Waals surface area (Å²) in [6.07, 6.45) is 5.60. The molecule has 3 aromatic rings. The number of amides is 2. The van der Waals surface area contributed by atoms with Crippen molar-refractivity contribution in [2.75, 3.05) is 43.5 Å². The average Bonchev–Trinajstić information content (AvgIpc) is 2.89. The van der Waals surface area contributed by atoms with E-state index < -0.39 is 0 Å². The van der Waals surface area contributed by atoms with Crippen LogP contribution in [0.5, 0.6) is 5.88 Å². The summed E-state index contributed by atoms with van der Waals surface area (Å²) in [5.74, 6) is 0.737. The number of fused-ring (bicyclic) bond motifs is 1. The van der Waals surface area contributed by atoms with Crippen molar-refractivity contribution in [2.24, 2.45) is 0 Å². The number of nitrogens with zero attached hydrogens (tertiary/aromatic N) is 4. The number of hydrogen-bond acceptors (Lipinski definition) is 5. The van der Waals surface area contributed by atoms with Gasteiger partial charge in [0.05, 0.1) is 18.5 Å². The van der Waals surface area contributed by atoms with Gasteiger partial charge in [-0.05, 0) is 11.6 Å². The zero-order valence-electron chi connectivity index (χ0n) is 18.7. The number of nitrogens with one attached hydrogen (secondary N) is 1. The summed E-state index contributed by atoms with van der Waals surface area (Å²) in [6.45, 7) is 2.76. The second-order valence-electron chi connectivity index (χ2n) is 8.14. The number of carbonyl (C=O) groups excluding carboxylic acids is 1. The monoisotopic (exact) mass is 441 g/mol. The minimum atomic E-state index is -0.176. The number of piperazine rings is 1. The van der Waals surface area contributed by atoms with Crippen LogP contribution < -0.4 is 15.0 Å². The molecular formula is C26H27N5O2. The minimum Gasteiger partial charge on any atom is -0.478 e. The number of para-hydroxylation sites is 1. The first kappa shape index (κ1) is 21.0. The molecule has 7 nitrogen and oxygen atoms in total. The predicted octanol–water partition coefficient (Wildman–Crippen LogP) is 4.16. The number of ether oxygens (including phenoxy) is 1. The number of urea groups is 1. The third kappa shape index (κ3) is 4.39. The van der Waals surface area contributed by atoms with E-state index in [4.69, 9.17) is 4.74 Å². The molecule has 0 unspecified atom stereocenters. The van der Waals surface area contributed by atoms with Crippen LogP contribution in [0.2, 0.25) is 0 Å². The highest BCUT2D eigenvalue weighted by molar-refractivity contribution is 5.90. The number of allylic oxidation sites excluding steroid dienone is 2. The van der Waals surface area contributed by atoms with Crippen LogP contribution in [0.25, 0.3) is 11.1 Å². The van der Waals surface area contributed by atoms with Crippen LogP contribution >= 0.6 is 0 Å². The smallest absolute Gasteiger partial charge is 0.323 e. The Morgan fingerprint density at radius 1 is 0.879 bits per heavy atom. The standard InChI is InChI=1S/C26H27N5O2/c1-33-25-24(27-21-12-6-7-13-22(21)28-25)29-26(32)31-17-15-30(16-18-31)23-14-8-5-11-20(23)19-9-3-2-4-10-19/h2-11,14H,12-13,15-18H2,1H3,(H,27,29,32). The van der Waals surface area contributed by atoms with Gasteiger partial charge in [0, 0.05) is 50.3 Å². The molecule has 0 radical (unpaired) electrons. The molecule has 33 heavy (non-hydrogen) atoms. The van der Waals surface area contributed by atoms with Crippen molar-refractivity contribution in [1.82, 2.24) is 14.9 Å². The van der Waals surface area contributed by atoms with Crippen molar-refractivity contribution < 1.29 is 9.53 Å². The van der Waals surface area contributed by atoms with Gasteiger partial charge < -0.3 is 14.5 Å². The van der Waals surface area contributed by atoms with Crippen LogP contribution in [0.15, 0.2) is 66.7 Å². The predicted molar refractivity (Wildman–Crippen MR) is 130 cm³/mol. The number of methoxy groups -OCH3 is 1. The summed E-state index contributed by atoms with van der Waals surface area (Å²) < 4.78 is 5.39. The summed E-state index contributed by atoms with van der Waals surface area (Å²) in [7, 11) is 1.55. The van der Waals surface area contributed by atoms with Gasteiger partial charge in [-0.25, -0.2) is 14.8 Å². The maximum Gasteiger partial charge on any atom is 0.323 e. The van der Waals surface area contributed by atoms with Gasteiger partial charge in [-0.1, -0.05) is 60.7 Å². The average molecular weight is 442 g/mol. The fourth-order valence-corrected chi connectivity index (χ4v) is 4.37. The van der Waals surface area contributed by atoms with Crippen LogP contribution in [-0.2, 0) is 12.8 Å². The molecule has 7 heteroatoms. The molecule has 2 heterocycles. The Hall–Kier alpha value is -3.87. The molecule has 0 saturated carbocycles. The molecule has 2 amide bonds. The number of anilines is 2. The Morgan fingerprint density at radius 3 is 2.27 bits per heavy atom. The summed E-state index contributed by atoms with van der Waals surface area (Å²) in [4.78, 5) is 26.3. The molecule has 1 aromatic heterocycles. The van der Waals surface area contributed by atoms with Crippen LogP contribution in [-0.4, -0.2) is 54.2 Å². The summed E-state index contributed by atoms with van der Waals surface area (Å²) >= 11 is 0. The van der Waals surface area contributed by atoms with E-state index in [1.54, 1.807) is 7.11 Å². The molecule has 2 aliphatic rings. The second-order valence-corrected chi connectivity index (χ2v) is 8.14. The highest BCUT2D eigenvalue weighted by atomic mass is 16.5. The van der Waals surface area contributed by atoms with E-state index in [1.807, 2.05) is 11.0 Å². The first-order valence-corrected chi connectivity index (χ1v) is 11.3. The Labute approximate surface area is 193 Å². The lowest BCUT2D eigenvalue weighted by atomic mass is 10.0. The zero-order chi connectivity index (χ0) is 22.6. The molecule has 2 aromatic carbocycles. The fraction of sp³-hybridized carbons (Fsp3) is 0.269. The largest absolute Gasteiger partial charge is 0.478 e. The third-order valence-corrected chi connectivity index (χ3v) is 6.12. The molecule has 0 atom stereocenters. The Morgan fingerprint density at radius 2 is 1.55 bits per heavy atom. The molecule has 1 N–H and O–H groups in total. The van der Waals surface area contributed by atoms with Gasteiger partial charge in [-0.3, -0.25) is 5.32 Å². The highest BCUT2D eigenvalue weighted by Gasteiger charge is 2.25. The normalized spacial score (nSPS) is 15.2. The van der Waals surface area contributed by atoms with E-state index in [0.29, 0.717) is 31.2 Å². The van der Waals surface area contributed by atoms with Gasteiger partial charge in [-0.15, -0.1) is 0 Å². The highest BCUT2D eigenvalue weighted by Crippen LogP contribution is 2.31. The van der Waals surface area contributed by atoms with Gasteiger partial charge in [0.1, 0.15) is 0 Å². The minimum absolute atomic E-state index is 0.176. The third-order valence-electron chi connectivity index (χ3n) is 6.12. The van der Waals surface area contributed by atoms with E-state index in [9.17, 15) is 4.79 Å². The zero-order valence-corrected chi connectivity index (χ0v) is 18.7. The Bertz CT molecular complexity index is 1170. The van der Waals surface area contributed by atoms with Gasteiger partial charge in [-0.2, -0.15) is 0 Å². The molecule has 168 valence electrons. The summed E-state index contributed by atoms with van der Waals surface area (Å²) in [5, 5.41) is 2.92. The molecule has 1 fully saturated rings. The molecule has 1 aliphatic heterocycles. The van der Waals surface area contributed by atoms with E-state index in [0.717, 1.165) is 30.9 Å². The first-order chi connectivity index (χ1) is 16.2. The maximum absolute atomic E-state index is 13.0. The van der Waals surface area contributed by atoms with Crippen molar-refractivity contribution in [3.8, 4) is 17.0 Å². The van der Waals surface area contributed by atoms with Gasteiger partial charge in [0.2, 0.25) is 0 Å². The summed E-state index contributed by atoms with van der Waals surface area (Å²) in [5.41, 5.74) is 5.38. The van der Waals surface area contributed by atoms with Crippen molar-refractivity contribution >= 4 is 17.5 Å². The molecule has 0 bridgehead atoms. The fourth-order valence-electron chi connectivity index (χ4n) is 4.37. The van der Waals surface area contributed by atoms with Crippen LogP contribution in [0.3, 0.4) is 0 Å². The van der Waals surface area contributed by atoms with Crippen LogP contribution in [0.1, 0.15) is 11.4 Å². The number of rotatable bonds is 4. The van der Waals surface area contributed by atoms with E-state index in [1.165, 1.54) is 16.8 Å². The quantitative estimate of drug-likeness (QED) is 0.616. The van der Waals surface area contributed by atoms with Crippen molar-refractivity contribution in [3.05, 3.63) is 78.1 Å². The van der Waals surface area contributed by atoms with Gasteiger partial charge in [0.15, 0.2) is 5.82 Å². The van der Waals surface area contributed by atoms with Crippen molar-refractivity contribution in [3.63, 3.8) is 0 Å². The number of aromatic nitrogens is 2. The molecule has 1 saturated heterocycles. The molecular weight excluding hydrogens is 414 g/mol. The van der Waals surface area contributed by atoms with E-state index >= 15 is 0 Å². The van der Waals surface area contributed by atoms with Crippen molar-refractivity contribution in [1.29, 1.82) is 0 Å². The van der Waals surface area contributed by atoms with Crippen LogP contribution in [0, 0.1) is 0 Å². The molecule has 5 rings (SSSR count). The molecule has 1 aliphatic carbocycles. The lowest BCUT2D eigenvalue weighted by Crippen LogP contribution is -2.50. The number of benzene rings is 2. The van der Waals surface area contributed by atoms with Gasteiger partial charge in [0.25, 0.3) is 5.88 Å². The molecule has 0 spiro atoms. The van der Waals surface area contributed by atoms with Crippen molar-refractivity contribution in [2.45, 2.75) is 12.8 Å². The van der Waals surface area contributed by atoms with Gasteiger partial charge >= 0.3 is 6.03 Å².